The van der Waals surface area contributed by atoms with Gasteiger partial charge in [0, 0.05) is 18.2 Å². The molecule has 2 N–H and O–H groups in total. The SMILES string of the molecule is O=C(COC(=O)c1ccc([N+](=O)[O-])cc1)Nc1ccccc1C(=O)NC1CC1. The molecule has 0 spiro atoms. The largest absolute Gasteiger partial charge is 0.452 e. The number of benzene rings is 2. The molecular formula is C19H17N3O6. The van der Waals surface area contributed by atoms with Crippen molar-refractivity contribution < 1.29 is 24.0 Å². The summed E-state index contributed by atoms with van der Waals surface area (Å²) in [6.07, 6.45) is 1.89. The number of carbonyl (C=O) groups is 3. The fraction of sp³-hybridized carbons (Fsp3) is 0.211. The standard InChI is InChI=1S/C19H17N3O6/c23-17(11-28-19(25)12-5-9-14(10-6-12)22(26)27)21-16-4-2-1-3-15(16)18(24)20-13-7-8-13/h1-6,9-10,13H,7-8,11H2,(H,20,24)(H,21,23). The van der Waals surface area contributed by atoms with Gasteiger partial charge < -0.3 is 15.4 Å². The van der Waals surface area contributed by atoms with E-state index in [1.807, 2.05) is 0 Å². The number of anilines is 1. The molecule has 2 aromatic carbocycles. The molecule has 3 rings (SSSR count). The van der Waals surface area contributed by atoms with E-state index in [2.05, 4.69) is 10.6 Å². The number of esters is 1. The van der Waals surface area contributed by atoms with E-state index in [-0.39, 0.29) is 23.2 Å². The van der Waals surface area contributed by atoms with Crippen molar-refractivity contribution in [2.75, 3.05) is 11.9 Å². The molecule has 1 aliphatic rings. The van der Waals surface area contributed by atoms with Gasteiger partial charge in [0.15, 0.2) is 6.61 Å². The number of nitro groups is 1. The van der Waals surface area contributed by atoms with Gasteiger partial charge >= 0.3 is 5.97 Å². The minimum absolute atomic E-state index is 0.0858. The minimum atomic E-state index is -0.787. The number of nitrogens with one attached hydrogen (secondary N) is 2. The Labute approximate surface area is 159 Å². The maximum absolute atomic E-state index is 12.2. The summed E-state index contributed by atoms with van der Waals surface area (Å²) in [4.78, 5) is 46.3. The highest BCUT2D eigenvalue weighted by atomic mass is 16.6. The van der Waals surface area contributed by atoms with Crippen molar-refractivity contribution in [3.8, 4) is 0 Å². The smallest absolute Gasteiger partial charge is 0.338 e. The molecule has 0 unspecified atom stereocenters. The second-order valence-electron chi connectivity index (χ2n) is 6.22. The fourth-order valence-corrected chi connectivity index (χ4v) is 2.40. The van der Waals surface area contributed by atoms with Gasteiger partial charge in [-0.25, -0.2) is 4.79 Å². The van der Waals surface area contributed by atoms with Crippen LogP contribution in [0.2, 0.25) is 0 Å². The number of nitro benzene ring substituents is 1. The topological polar surface area (TPSA) is 128 Å². The van der Waals surface area contributed by atoms with Crippen molar-refractivity contribution in [3.05, 3.63) is 69.8 Å². The normalized spacial score (nSPS) is 12.7. The number of para-hydroxylation sites is 1. The van der Waals surface area contributed by atoms with Gasteiger partial charge in [-0.3, -0.25) is 19.7 Å². The van der Waals surface area contributed by atoms with Crippen LogP contribution in [0.15, 0.2) is 48.5 Å². The Balaban J connectivity index is 1.56. The third-order valence-corrected chi connectivity index (χ3v) is 4.01. The molecule has 9 nitrogen and oxygen atoms in total. The number of ether oxygens (including phenoxy) is 1. The zero-order valence-corrected chi connectivity index (χ0v) is 14.7. The molecule has 2 amide bonds. The van der Waals surface area contributed by atoms with Crippen LogP contribution in [0.5, 0.6) is 0 Å². The zero-order valence-electron chi connectivity index (χ0n) is 14.7. The number of carbonyl (C=O) groups excluding carboxylic acids is 3. The molecule has 0 atom stereocenters. The molecule has 0 heterocycles. The van der Waals surface area contributed by atoms with Gasteiger partial charge in [-0.2, -0.15) is 0 Å². The van der Waals surface area contributed by atoms with Crippen molar-refractivity contribution in [1.29, 1.82) is 0 Å². The maximum Gasteiger partial charge on any atom is 0.338 e. The monoisotopic (exact) mass is 383 g/mol. The lowest BCUT2D eigenvalue weighted by Gasteiger charge is -2.11. The Morgan fingerprint density at radius 2 is 1.75 bits per heavy atom. The van der Waals surface area contributed by atoms with Gasteiger partial charge in [0.25, 0.3) is 17.5 Å². The van der Waals surface area contributed by atoms with E-state index in [1.54, 1.807) is 24.3 Å². The first kappa shape index (κ1) is 19.0. The van der Waals surface area contributed by atoms with Crippen LogP contribution < -0.4 is 10.6 Å². The zero-order chi connectivity index (χ0) is 20.1. The second-order valence-corrected chi connectivity index (χ2v) is 6.22. The highest BCUT2D eigenvalue weighted by Gasteiger charge is 2.25. The molecule has 28 heavy (non-hydrogen) atoms. The summed E-state index contributed by atoms with van der Waals surface area (Å²) in [6.45, 7) is -0.561. The maximum atomic E-state index is 12.2. The van der Waals surface area contributed by atoms with E-state index >= 15 is 0 Å². The highest BCUT2D eigenvalue weighted by molar-refractivity contribution is 6.04. The molecule has 0 aromatic heterocycles. The number of non-ortho nitro benzene ring substituents is 1. The molecule has 0 saturated heterocycles. The number of rotatable bonds is 7. The summed E-state index contributed by atoms with van der Waals surface area (Å²) in [5, 5.41) is 16.0. The van der Waals surface area contributed by atoms with Crippen LogP contribution in [0.3, 0.4) is 0 Å². The van der Waals surface area contributed by atoms with Gasteiger partial charge in [-0.05, 0) is 37.1 Å². The van der Waals surface area contributed by atoms with E-state index in [0.29, 0.717) is 11.3 Å². The first-order valence-corrected chi connectivity index (χ1v) is 8.55. The predicted octanol–water partition coefficient (Wildman–Crippen LogP) is 2.28. The van der Waals surface area contributed by atoms with Crippen LogP contribution in [0.25, 0.3) is 0 Å². The molecule has 0 aliphatic heterocycles. The van der Waals surface area contributed by atoms with Crippen LogP contribution in [0, 0.1) is 10.1 Å². The van der Waals surface area contributed by atoms with Gasteiger partial charge in [0.2, 0.25) is 0 Å². The average molecular weight is 383 g/mol. The Morgan fingerprint density at radius 3 is 2.39 bits per heavy atom. The van der Waals surface area contributed by atoms with E-state index in [1.165, 1.54) is 24.3 Å². The Kier molecular flexibility index (Phi) is 5.64. The van der Waals surface area contributed by atoms with Crippen LogP contribution in [-0.2, 0) is 9.53 Å². The van der Waals surface area contributed by atoms with Crippen LogP contribution in [0.1, 0.15) is 33.6 Å². The molecule has 2 aromatic rings. The van der Waals surface area contributed by atoms with E-state index in [4.69, 9.17) is 4.74 Å². The first-order valence-electron chi connectivity index (χ1n) is 8.55. The average Bonchev–Trinajstić information content (AvgIpc) is 3.50. The molecule has 0 bridgehead atoms. The molecule has 9 heteroatoms. The molecule has 1 saturated carbocycles. The molecule has 1 fully saturated rings. The Morgan fingerprint density at radius 1 is 1.07 bits per heavy atom. The first-order chi connectivity index (χ1) is 13.4. The summed E-state index contributed by atoms with van der Waals surface area (Å²) in [5.74, 6) is -1.67. The lowest BCUT2D eigenvalue weighted by molar-refractivity contribution is -0.384. The third kappa shape index (κ3) is 4.91. The van der Waals surface area contributed by atoms with Crippen LogP contribution >= 0.6 is 0 Å². The van der Waals surface area contributed by atoms with Crippen molar-refractivity contribution in [1.82, 2.24) is 5.32 Å². The number of hydrogen-bond acceptors (Lipinski definition) is 6. The lowest BCUT2D eigenvalue weighted by atomic mass is 10.1. The van der Waals surface area contributed by atoms with Gasteiger partial charge in [0.1, 0.15) is 0 Å². The molecule has 144 valence electrons. The van der Waals surface area contributed by atoms with E-state index in [9.17, 15) is 24.5 Å². The van der Waals surface area contributed by atoms with Crippen molar-refractivity contribution in [2.45, 2.75) is 18.9 Å². The summed E-state index contributed by atoms with van der Waals surface area (Å²) in [5.41, 5.74) is 0.569. The summed E-state index contributed by atoms with van der Waals surface area (Å²) in [6, 6.07) is 11.5. The van der Waals surface area contributed by atoms with Gasteiger partial charge in [-0.15, -0.1) is 0 Å². The Hall–Kier alpha value is -3.75. The van der Waals surface area contributed by atoms with Crippen LogP contribution in [0.4, 0.5) is 11.4 Å². The second kappa shape index (κ2) is 8.30. The van der Waals surface area contributed by atoms with Crippen molar-refractivity contribution in [2.24, 2.45) is 0 Å². The van der Waals surface area contributed by atoms with Crippen molar-refractivity contribution in [3.63, 3.8) is 0 Å². The van der Waals surface area contributed by atoms with Gasteiger partial charge in [-0.1, -0.05) is 12.1 Å². The summed E-state index contributed by atoms with van der Waals surface area (Å²) >= 11 is 0. The number of nitrogens with zero attached hydrogens (tertiary/aromatic N) is 1. The number of amides is 2. The predicted molar refractivity (Wildman–Crippen MR) is 98.9 cm³/mol. The van der Waals surface area contributed by atoms with Crippen molar-refractivity contribution >= 4 is 29.2 Å². The van der Waals surface area contributed by atoms with E-state index < -0.39 is 23.4 Å². The lowest BCUT2D eigenvalue weighted by Crippen LogP contribution is -2.28. The summed E-state index contributed by atoms with van der Waals surface area (Å²) < 4.78 is 4.92. The third-order valence-electron chi connectivity index (χ3n) is 4.01. The minimum Gasteiger partial charge on any atom is -0.452 e. The fourth-order valence-electron chi connectivity index (χ4n) is 2.40. The molecule has 1 aliphatic carbocycles. The van der Waals surface area contributed by atoms with E-state index in [0.717, 1.165) is 12.8 Å². The summed E-state index contributed by atoms with van der Waals surface area (Å²) in [7, 11) is 0. The number of hydrogen-bond donors (Lipinski definition) is 2. The Bertz CT molecular complexity index is 922. The molecule has 0 radical (unpaired) electrons. The van der Waals surface area contributed by atoms with Crippen LogP contribution in [-0.4, -0.2) is 35.4 Å². The molecular weight excluding hydrogens is 366 g/mol. The quantitative estimate of drug-likeness (QED) is 0.429. The van der Waals surface area contributed by atoms with Gasteiger partial charge in [0.05, 0.1) is 21.7 Å². The highest BCUT2D eigenvalue weighted by Crippen LogP contribution is 2.21.